The van der Waals surface area contributed by atoms with E-state index in [0.29, 0.717) is 11.4 Å². The second-order valence-electron chi connectivity index (χ2n) is 7.41. The lowest BCUT2D eigenvalue weighted by atomic mass is 10.3. The number of sulfonamides is 2. The Morgan fingerprint density at radius 2 is 1.03 bits per heavy atom. The number of carbonyl (C=O) groups excluding carboxylic acids is 2. The Balaban J connectivity index is 1.90. The van der Waals surface area contributed by atoms with Crippen molar-refractivity contribution in [2.75, 3.05) is 38.2 Å². The van der Waals surface area contributed by atoms with Gasteiger partial charge in [0.15, 0.2) is 0 Å². The average molecular weight is 563 g/mol. The minimum Gasteiger partial charge on any atom is -0.326 e. The van der Waals surface area contributed by atoms with Crippen LogP contribution in [0.1, 0.15) is 13.8 Å². The molecule has 2 aromatic rings. The van der Waals surface area contributed by atoms with Crippen LogP contribution in [0.4, 0.5) is 11.4 Å². The van der Waals surface area contributed by atoms with Crippen molar-refractivity contribution < 1.29 is 40.0 Å². The summed E-state index contributed by atoms with van der Waals surface area (Å²) in [5.74, 6) is -0.612. The topological polar surface area (TPSA) is 168 Å². The third-order valence-corrected chi connectivity index (χ3v) is 8.81. The van der Waals surface area contributed by atoms with Crippen LogP contribution in [0.15, 0.2) is 58.3 Å². The van der Waals surface area contributed by atoms with Gasteiger partial charge in [0, 0.05) is 39.3 Å². The third kappa shape index (κ3) is 8.20. The Kier molecular flexibility index (Phi) is 10.3. The molecule has 13 nitrogen and oxygen atoms in total. The standard InChI is InChI=1S/C20H27N4O9PS2/c1-15(25)21-17-5-9-19(10-6-17)35(28,29)23(3)13-32-34(27)33-14-24(4)36(30,31)20-11-7-18(8-12-20)22-16(2)26/h5-12,34H,13-14H2,1-4H3,(H,21,25)(H,22,26). The summed E-state index contributed by atoms with van der Waals surface area (Å²) in [5.41, 5.74) is 0.836. The van der Waals surface area contributed by atoms with Gasteiger partial charge in [0.05, 0.1) is 9.79 Å². The van der Waals surface area contributed by atoms with Crippen LogP contribution < -0.4 is 10.6 Å². The molecule has 2 rings (SSSR count). The molecule has 0 spiro atoms. The van der Waals surface area contributed by atoms with Gasteiger partial charge in [0.25, 0.3) is 0 Å². The van der Waals surface area contributed by atoms with Gasteiger partial charge in [-0.1, -0.05) is 0 Å². The van der Waals surface area contributed by atoms with Gasteiger partial charge in [-0.25, -0.2) is 16.8 Å². The summed E-state index contributed by atoms with van der Waals surface area (Å²) in [6.45, 7) is 1.41. The van der Waals surface area contributed by atoms with Crippen LogP contribution in [-0.4, -0.2) is 64.8 Å². The Labute approximate surface area is 210 Å². The molecule has 16 heteroatoms. The maximum atomic E-state index is 12.6. The number of nitrogens with one attached hydrogen (secondary N) is 2. The number of hydrogen-bond acceptors (Lipinski definition) is 9. The van der Waals surface area contributed by atoms with Gasteiger partial charge in [-0.15, -0.1) is 0 Å². The highest BCUT2D eigenvalue weighted by atomic mass is 32.2. The van der Waals surface area contributed by atoms with Crippen LogP contribution in [0, 0.1) is 0 Å². The summed E-state index contributed by atoms with van der Waals surface area (Å²) in [4.78, 5) is 22.0. The van der Waals surface area contributed by atoms with Crippen LogP contribution in [0.3, 0.4) is 0 Å². The second-order valence-corrected chi connectivity index (χ2v) is 12.6. The summed E-state index contributed by atoms with van der Waals surface area (Å²) < 4.78 is 74.1. The molecule has 2 N–H and O–H groups in total. The predicted molar refractivity (Wildman–Crippen MR) is 132 cm³/mol. The summed E-state index contributed by atoms with van der Waals surface area (Å²) in [6, 6.07) is 10.8. The SMILES string of the molecule is CC(=O)Nc1ccc(S(=O)(=O)N(C)CO[PH](=O)OCN(C)S(=O)(=O)c2ccc(NC(C)=O)cc2)cc1. The van der Waals surface area contributed by atoms with Crippen LogP contribution in [0.2, 0.25) is 0 Å². The van der Waals surface area contributed by atoms with E-state index in [0.717, 1.165) is 8.61 Å². The van der Waals surface area contributed by atoms with E-state index in [9.17, 15) is 31.0 Å². The molecule has 2 aromatic carbocycles. The van der Waals surface area contributed by atoms with Crippen LogP contribution in [0.5, 0.6) is 0 Å². The van der Waals surface area contributed by atoms with Gasteiger partial charge in [-0.3, -0.25) is 23.2 Å². The number of anilines is 2. The quantitative estimate of drug-likeness (QED) is 0.290. The fourth-order valence-electron chi connectivity index (χ4n) is 2.65. The molecule has 0 aliphatic rings. The van der Waals surface area contributed by atoms with Crippen molar-refractivity contribution in [3.05, 3.63) is 48.5 Å². The smallest absolute Gasteiger partial charge is 0.321 e. The van der Waals surface area contributed by atoms with Gasteiger partial charge in [-0.2, -0.15) is 8.61 Å². The highest BCUT2D eigenvalue weighted by Crippen LogP contribution is 2.27. The van der Waals surface area contributed by atoms with E-state index in [1.807, 2.05) is 0 Å². The largest absolute Gasteiger partial charge is 0.326 e. The maximum Gasteiger partial charge on any atom is 0.321 e. The van der Waals surface area contributed by atoms with Crippen LogP contribution in [0.25, 0.3) is 0 Å². The van der Waals surface area contributed by atoms with E-state index in [2.05, 4.69) is 10.6 Å². The Morgan fingerprint density at radius 1 is 0.722 bits per heavy atom. The van der Waals surface area contributed by atoms with E-state index in [1.54, 1.807) is 0 Å². The molecule has 0 aliphatic carbocycles. The Bertz CT molecular complexity index is 1210. The zero-order valence-corrected chi connectivity index (χ0v) is 22.6. The van der Waals surface area contributed by atoms with E-state index in [4.69, 9.17) is 9.05 Å². The van der Waals surface area contributed by atoms with Gasteiger partial charge in [0.2, 0.25) is 31.9 Å². The molecule has 0 radical (unpaired) electrons. The van der Waals surface area contributed by atoms with Gasteiger partial charge >= 0.3 is 8.25 Å². The molecule has 0 atom stereocenters. The highest BCUT2D eigenvalue weighted by molar-refractivity contribution is 7.89. The first-order valence-electron chi connectivity index (χ1n) is 10.2. The maximum absolute atomic E-state index is 12.6. The molecule has 2 amide bonds. The first-order valence-corrected chi connectivity index (χ1v) is 14.3. The molecule has 0 aromatic heterocycles. The predicted octanol–water partition coefficient (Wildman–Crippen LogP) is 1.88. The molecule has 0 aliphatic heterocycles. The van der Waals surface area contributed by atoms with Gasteiger partial charge in [0.1, 0.15) is 13.5 Å². The molecule has 36 heavy (non-hydrogen) atoms. The first kappa shape index (κ1) is 29.6. The minimum absolute atomic E-state index is 0.0846. The molecule has 0 bridgehead atoms. The third-order valence-electron chi connectivity index (χ3n) is 4.49. The minimum atomic E-state index is -4.00. The normalized spacial score (nSPS) is 12.2. The van der Waals surface area contributed by atoms with E-state index in [1.165, 1.54) is 76.5 Å². The summed E-state index contributed by atoms with van der Waals surface area (Å²) in [7, 11) is -8.85. The van der Waals surface area contributed by atoms with Crippen molar-refractivity contribution in [2.24, 2.45) is 0 Å². The fraction of sp³-hybridized carbons (Fsp3) is 0.300. The molecular formula is C20H27N4O9PS2. The van der Waals surface area contributed by atoms with Gasteiger partial charge in [-0.05, 0) is 48.5 Å². The molecule has 0 saturated heterocycles. The Morgan fingerprint density at radius 3 is 1.31 bits per heavy atom. The van der Waals surface area contributed by atoms with Gasteiger partial charge < -0.3 is 10.6 Å². The van der Waals surface area contributed by atoms with Crippen molar-refractivity contribution in [3.8, 4) is 0 Å². The van der Waals surface area contributed by atoms with Crippen molar-refractivity contribution in [1.82, 2.24) is 8.61 Å². The molecule has 0 heterocycles. The number of nitrogens with zero attached hydrogens (tertiary/aromatic N) is 2. The molecule has 198 valence electrons. The van der Waals surface area contributed by atoms with Crippen LogP contribution in [-0.2, 0) is 43.2 Å². The number of rotatable bonds is 12. The van der Waals surface area contributed by atoms with E-state index in [-0.39, 0.29) is 21.6 Å². The lowest BCUT2D eigenvalue weighted by molar-refractivity contribution is -0.115. The molecule has 0 fully saturated rings. The first-order chi connectivity index (χ1) is 16.7. The lowest BCUT2D eigenvalue weighted by Gasteiger charge is -2.19. The average Bonchev–Trinajstić information content (AvgIpc) is 2.80. The van der Waals surface area contributed by atoms with Crippen molar-refractivity contribution in [1.29, 1.82) is 0 Å². The lowest BCUT2D eigenvalue weighted by Crippen LogP contribution is -2.29. The number of amides is 2. The van der Waals surface area contributed by atoms with E-state index >= 15 is 0 Å². The second kappa shape index (κ2) is 12.5. The highest BCUT2D eigenvalue weighted by Gasteiger charge is 2.24. The zero-order valence-electron chi connectivity index (χ0n) is 19.9. The molecular weight excluding hydrogens is 535 g/mol. The summed E-state index contributed by atoms with van der Waals surface area (Å²) >= 11 is 0. The number of benzene rings is 2. The van der Waals surface area contributed by atoms with E-state index < -0.39 is 41.8 Å². The number of carbonyl (C=O) groups is 2. The monoisotopic (exact) mass is 562 g/mol. The van der Waals surface area contributed by atoms with Crippen molar-refractivity contribution in [3.63, 3.8) is 0 Å². The number of hydrogen-bond donors (Lipinski definition) is 2. The Hall–Kier alpha value is -2.65. The van der Waals surface area contributed by atoms with Crippen molar-refractivity contribution >= 4 is 51.5 Å². The summed E-state index contributed by atoms with van der Waals surface area (Å²) in [5, 5.41) is 5.04. The van der Waals surface area contributed by atoms with Crippen molar-refractivity contribution in [2.45, 2.75) is 23.6 Å². The fourth-order valence-corrected chi connectivity index (χ4v) is 5.59. The molecule has 0 unspecified atom stereocenters. The zero-order chi connectivity index (χ0) is 27.1. The van der Waals surface area contributed by atoms with Crippen LogP contribution >= 0.6 is 8.25 Å². The molecule has 0 saturated carbocycles. The summed E-state index contributed by atoms with van der Waals surface area (Å²) in [6.07, 6.45) is 0.